The first-order chi connectivity index (χ1) is 9.16. The van der Waals surface area contributed by atoms with Gasteiger partial charge in [-0.3, -0.25) is 4.79 Å². The van der Waals surface area contributed by atoms with Gasteiger partial charge in [-0.25, -0.2) is 0 Å². The second-order valence-electron chi connectivity index (χ2n) is 4.48. The summed E-state index contributed by atoms with van der Waals surface area (Å²) >= 11 is 0. The van der Waals surface area contributed by atoms with E-state index in [-0.39, 0.29) is 11.7 Å². The lowest BCUT2D eigenvalue weighted by Crippen LogP contribution is -2.13. The molecule has 0 fully saturated rings. The highest BCUT2D eigenvalue weighted by atomic mass is 16.3. The van der Waals surface area contributed by atoms with Crippen LogP contribution >= 0.6 is 0 Å². The van der Waals surface area contributed by atoms with Gasteiger partial charge in [-0.15, -0.1) is 0 Å². The largest absolute Gasteiger partial charge is 0.508 e. The van der Waals surface area contributed by atoms with E-state index in [4.69, 9.17) is 0 Å². The summed E-state index contributed by atoms with van der Waals surface area (Å²) in [5, 5.41) is 12.4. The third kappa shape index (κ3) is 3.58. The van der Waals surface area contributed by atoms with Crippen molar-refractivity contribution in [3.8, 4) is 5.75 Å². The molecular weight excluding hydrogens is 238 g/mol. The van der Waals surface area contributed by atoms with Crippen molar-refractivity contribution < 1.29 is 9.90 Å². The number of aromatic hydroxyl groups is 1. The Morgan fingerprint density at radius 2 is 1.84 bits per heavy atom. The molecule has 3 heteroatoms. The average Bonchev–Trinajstić information content (AvgIpc) is 2.43. The van der Waals surface area contributed by atoms with E-state index in [0.717, 1.165) is 5.56 Å². The van der Waals surface area contributed by atoms with Gasteiger partial charge in [-0.05, 0) is 31.0 Å². The maximum absolute atomic E-state index is 11.9. The summed E-state index contributed by atoms with van der Waals surface area (Å²) in [6.07, 6.45) is 1.14. The van der Waals surface area contributed by atoms with Crippen LogP contribution in [0.2, 0.25) is 0 Å². The van der Waals surface area contributed by atoms with E-state index in [1.807, 2.05) is 30.3 Å². The van der Waals surface area contributed by atoms with E-state index in [1.54, 1.807) is 25.1 Å². The molecule has 0 unspecified atom stereocenters. The lowest BCUT2D eigenvalue weighted by atomic mass is 10.1. The first-order valence-corrected chi connectivity index (χ1v) is 6.29. The first kappa shape index (κ1) is 13.1. The van der Waals surface area contributed by atoms with Crippen LogP contribution in [0.1, 0.15) is 17.5 Å². The lowest BCUT2D eigenvalue weighted by Gasteiger charge is -2.09. The molecule has 2 aromatic rings. The molecule has 0 aliphatic rings. The van der Waals surface area contributed by atoms with Crippen LogP contribution in [0.25, 0.3) is 0 Å². The Balaban J connectivity index is 1.93. The van der Waals surface area contributed by atoms with E-state index < -0.39 is 0 Å². The molecule has 2 aromatic carbocycles. The Morgan fingerprint density at radius 1 is 1.11 bits per heavy atom. The molecule has 0 spiro atoms. The van der Waals surface area contributed by atoms with Crippen molar-refractivity contribution in [1.82, 2.24) is 0 Å². The van der Waals surface area contributed by atoms with Crippen LogP contribution in [-0.2, 0) is 11.2 Å². The fourth-order valence-electron chi connectivity index (χ4n) is 1.87. The normalized spacial score (nSPS) is 10.2. The minimum Gasteiger partial charge on any atom is -0.508 e. The SMILES string of the molecule is Cc1c(O)cccc1NC(=O)CCc1ccccc1. The number of nitrogens with one attached hydrogen (secondary N) is 1. The molecule has 0 aromatic heterocycles. The van der Waals surface area contributed by atoms with Crippen molar-refractivity contribution in [2.45, 2.75) is 19.8 Å². The minimum absolute atomic E-state index is 0.0439. The summed E-state index contributed by atoms with van der Waals surface area (Å²) in [7, 11) is 0. The molecule has 2 N–H and O–H groups in total. The lowest BCUT2D eigenvalue weighted by molar-refractivity contribution is -0.116. The van der Waals surface area contributed by atoms with Crippen LogP contribution in [0.4, 0.5) is 5.69 Å². The molecule has 0 saturated heterocycles. The van der Waals surface area contributed by atoms with E-state index in [1.165, 1.54) is 0 Å². The van der Waals surface area contributed by atoms with E-state index in [2.05, 4.69) is 5.32 Å². The van der Waals surface area contributed by atoms with Gasteiger partial charge in [-0.2, -0.15) is 0 Å². The zero-order valence-corrected chi connectivity index (χ0v) is 10.9. The van der Waals surface area contributed by atoms with Gasteiger partial charge in [0.05, 0.1) is 0 Å². The number of phenolic OH excluding ortho intramolecular Hbond substituents is 1. The molecule has 0 saturated carbocycles. The Kier molecular flexibility index (Phi) is 4.18. The van der Waals surface area contributed by atoms with Crippen molar-refractivity contribution in [2.75, 3.05) is 5.32 Å². The summed E-state index contributed by atoms with van der Waals surface area (Å²) < 4.78 is 0. The number of amides is 1. The van der Waals surface area contributed by atoms with Crippen LogP contribution in [0.5, 0.6) is 5.75 Å². The molecule has 0 atom stereocenters. The highest BCUT2D eigenvalue weighted by Crippen LogP contribution is 2.23. The quantitative estimate of drug-likeness (QED) is 0.880. The number of carbonyl (C=O) groups excluding carboxylic acids is 1. The van der Waals surface area contributed by atoms with Crippen LogP contribution in [0.3, 0.4) is 0 Å². The van der Waals surface area contributed by atoms with Crippen molar-refractivity contribution >= 4 is 11.6 Å². The van der Waals surface area contributed by atoms with Gasteiger partial charge in [-0.1, -0.05) is 36.4 Å². The summed E-state index contributed by atoms with van der Waals surface area (Å²) in [4.78, 5) is 11.9. The molecule has 3 nitrogen and oxygen atoms in total. The number of carbonyl (C=O) groups is 1. The van der Waals surface area contributed by atoms with Gasteiger partial charge in [0.1, 0.15) is 5.75 Å². The number of anilines is 1. The van der Waals surface area contributed by atoms with E-state index >= 15 is 0 Å². The highest BCUT2D eigenvalue weighted by Gasteiger charge is 2.07. The molecule has 0 heterocycles. The van der Waals surface area contributed by atoms with Gasteiger partial charge in [0, 0.05) is 17.7 Å². The Morgan fingerprint density at radius 3 is 2.58 bits per heavy atom. The monoisotopic (exact) mass is 255 g/mol. The smallest absolute Gasteiger partial charge is 0.224 e. The fourth-order valence-corrected chi connectivity index (χ4v) is 1.87. The van der Waals surface area contributed by atoms with Crippen molar-refractivity contribution in [1.29, 1.82) is 0 Å². The molecule has 19 heavy (non-hydrogen) atoms. The Hall–Kier alpha value is -2.29. The summed E-state index contributed by atoms with van der Waals surface area (Å²) in [5.41, 5.74) is 2.50. The molecule has 0 radical (unpaired) electrons. The maximum atomic E-state index is 11.9. The topological polar surface area (TPSA) is 49.3 Å². The Bertz CT molecular complexity index is 564. The molecule has 2 rings (SSSR count). The van der Waals surface area contributed by atoms with E-state index in [9.17, 15) is 9.90 Å². The van der Waals surface area contributed by atoms with Crippen LogP contribution in [0.15, 0.2) is 48.5 Å². The van der Waals surface area contributed by atoms with Gasteiger partial charge in [0.15, 0.2) is 0 Å². The number of hydrogen-bond acceptors (Lipinski definition) is 2. The van der Waals surface area contributed by atoms with Crippen LogP contribution in [0, 0.1) is 6.92 Å². The second-order valence-corrected chi connectivity index (χ2v) is 4.48. The standard InChI is InChI=1S/C16H17NO2/c1-12-14(8-5-9-15(12)18)17-16(19)11-10-13-6-3-2-4-7-13/h2-9,18H,10-11H2,1H3,(H,17,19). The van der Waals surface area contributed by atoms with Crippen molar-refractivity contribution in [3.05, 3.63) is 59.7 Å². The van der Waals surface area contributed by atoms with Crippen LogP contribution in [-0.4, -0.2) is 11.0 Å². The number of benzene rings is 2. The number of phenols is 1. The second kappa shape index (κ2) is 6.05. The molecule has 0 aliphatic carbocycles. The van der Waals surface area contributed by atoms with Gasteiger partial charge in [0.2, 0.25) is 5.91 Å². The van der Waals surface area contributed by atoms with Gasteiger partial charge < -0.3 is 10.4 Å². The molecule has 0 bridgehead atoms. The maximum Gasteiger partial charge on any atom is 0.224 e. The summed E-state index contributed by atoms with van der Waals surface area (Å²) in [6, 6.07) is 15.0. The molecular formula is C16H17NO2. The number of aryl methyl sites for hydroxylation is 1. The third-order valence-electron chi connectivity index (χ3n) is 3.06. The predicted octanol–water partition coefficient (Wildman–Crippen LogP) is 3.27. The fraction of sp³-hybridized carbons (Fsp3) is 0.188. The summed E-state index contributed by atoms with van der Waals surface area (Å²) in [6.45, 7) is 1.78. The Labute approximate surface area is 112 Å². The van der Waals surface area contributed by atoms with E-state index in [0.29, 0.717) is 24.1 Å². The third-order valence-corrected chi connectivity index (χ3v) is 3.06. The predicted molar refractivity (Wildman–Crippen MR) is 76.2 cm³/mol. The molecule has 1 amide bonds. The average molecular weight is 255 g/mol. The highest BCUT2D eigenvalue weighted by molar-refractivity contribution is 5.91. The zero-order chi connectivity index (χ0) is 13.7. The first-order valence-electron chi connectivity index (χ1n) is 6.29. The van der Waals surface area contributed by atoms with Gasteiger partial charge in [0.25, 0.3) is 0 Å². The number of hydrogen-bond donors (Lipinski definition) is 2. The summed E-state index contributed by atoms with van der Waals surface area (Å²) in [5.74, 6) is 0.151. The van der Waals surface area contributed by atoms with Crippen molar-refractivity contribution in [2.24, 2.45) is 0 Å². The van der Waals surface area contributed by atoms with Gasteiger partial charge >= 0.3 is 0 Å². The molecule has 0 aliphatic heterocycles. The molecule has 98 valence electrons. The minimum atomic E-state index is -0.0439. The number of rotatable bonds is 4. The zero-order valence-electron chi connectivity index (χ0n) is 10.9. The van der Waals surface area contributed by atoms with Crippen LogP contribution < -0.4 is 5.32 Å². The van der Waals surface area contributed by atoms with Crippen molar-refractivity contribution in [3.63, 3.8) is 0 Å².